The number of hydrogen-bond donors (Lipinski definition) is 1. The van der Waals surface area contributed by atoms with Gasteiger partial charge in [-0.3, -0.25) is 4.90 Å². The molecule has 1 saturated heterocycles. The van der Waals surface area contributed by atoms with E-state index in [4.69, 9.17) is 4.74 Å². The normalized spacial score (nSPS) is 32.6. The summed E-state index contributed by atoms with van der Waals surface area (Å²) >= 11 is 0. The Bertz CT molecular complexity index is 192. The van der Waals surface area contributed by atoms with Gasteiger partial charge >= 0.3 is 0 Å². The van der Waals surface area contributed by atoms with Crippen molar-refractivity contribution in [2.24, 2.45) is 0 Å². The van der Waals surface area contributed by atoms with E-state index >= 15 is 0 Å². The summed E-state index contributed by atoms with van der Waals surface area (Å²) in [5, 5.41) is 3.49. The number of piperazine rings is 1. The largest absolute Gasteiger partial charge is 0.383 e. The molecule has 1 N–H and O–H groups in total. The van der Waals surface area contributed by atoms with Gasteiger partial charge in [0.2, 0.25) is 0 Å². The minimum atomic E-state index is 0.394. The van der Waals surface area contributed by atoms with Crippen molar-refractivity contribution in [3.63, 3.8) is 0 Å². The van der Waals surface area contributed by atoms with Crippen molar-refractivity contribution in [1.82, 2.24) is 10.2 Å². The molecule has 2 fully saturated rings. The van der Waals surface area contributed by atoms with Crippen LogP contribution in [0.4, 0.5) is 0 Å². The van der Waals surface area contributed by atoms with E-state index in [-0.39, 0.29) is 0 Å². The molecule has 1 aliphatic heterocycles. The van der Waals surface area contributed by atoms with Crippen molar-refractivity contribution >= 4 is 0 Å². The second-order valence-corrected chi connectivity index (χ2v) is 4.81. The standard InChI is InChI=1S/C11H22N2O/c1-10-8-13(7-6-12-10)11(9-14-2)4-3-5-11/h10,12H,3-9H2,1-2H3. The molecule has 82 valence electrons. The van der Waals surface area contributed by atoms with E-state index < -0.39 is 0 Å². The Hall–Kier alpha value is -0.120. The molecular formula is C11H22N2O. The summed E-state index contributed by atoms with van der Waals surface area (Å²) in [5.41, 5.74) is 0.394. The third-order valence-electron chi connectivity index (χ3n) is 3.74. The molecule has 0 aromatic rings. The van der Waals surface area contributed by atoms with Gasteiger partial charge in [-0.05, 0) is 26.2 Å². The van der Waals surface area contributed by atoms with Gasteiger partial charge in [-0.15, -0.1) is 0 Å². The molecule has 0 aromatic heterocycles. The molecule has 0 radical (unpaired) electrons. The van der Waals surface area contributed by atoms with E-state index in [9.17, 15) is 0 Å². The highest BCUT2D eigenvalue weighted by molar-refractivity contribution is 5.00. The van der Waals surface area contributed by atoms with Crippen LogP contribution >= 0.6 is 0 Å². The Morgan fingerprint density at radius 2 is 2.29 bits per heavy atom. The summed E-state index contributed by atoms with van der Waals surface area (Å²) in [7, 11) is 1.83. The van der Waals surface area contributed by atoms with Gasteiger partial charge in [0.15, 0.2) is 0 Å². The SMILES string of the molecule is COCC1(N2CCNC(C)C2)CCC1. The monoisotopic (exact) mass is 198 g/mol. The molecule has 14 heavy (non-hydrogen) atoms. The van der Waals surface area contributed by atoms with E-state index in [0.717, 1.165) is 13.2 Å². The Kier molecular flexibility index (Phi) is 3.10. The number of ether oxygens (including phenoxy) is 1. The Labute approximate surface area is 86.8 Å². The van der Waals surface area contributed by atoms with Crippen LogP contribution in [-0.2, 0) is 4.74 Å². The van der Waals surface area contributed by atoms with Crippen molar-refractivity contribution < 1.29 is 4.74 Å². The zero-order valence-electron chi connectivity index (χ0n) is 9.38. The van der Waals surface area contributed by atoms with Gasteiger partial charge in [-0.25, -0.2) is 0 Å². The van der Waals surface area contributed by atoms with Crippen LogP contribution in [0.25, 0.3) is 0 Å². The molecule has 0 bridgehead atoms. The molecule has 0 aromatic carbocycles. The van der Waals surface area contributed by atoms with E-state index in [1.165, 1.54) is 32.4 Å². The van der Waals surface area contributed by atoms with Crippen LogP contribution in [0, 0.1) is 0 Å². The highest BCUT2D eigenvalue weighted by Gasteiger charge is 2.43. The van der Waals surface area contributed by atoms with Crippen LogP contribution in [0.3, 0.4) is 0 Å². The highest BCUT2D eigenvalue weighted by Crippen LogP contribution is 2.38. The molecule has 2 aliphatic rings. The molecule has 1 heterocycles. The van der Waals surface area contributed by atoms with Crippen molar-refractivity contribution in [3.8, 4) is 0 Å². The van der Waals surface area contributed by atoms with Crippen LogP contribution < -0.4 is 5.32 Å². The maximum absolute atomic E-state index is 5.38. The maximum Gasteiger partial charge on any atom is 0.0646 e. The average molecular weight is 198 g/mol. The quantitative estimate of drug-likeness (QED) is 0.727. The third-order valence-corrected chi connectivity index (χ3v) is 3.74. The molecule has 1 atom stereocenters. The lowest BCUT2D eigenvalue weighted by molar-refractivity contribution is -0.0541. The molecule has 0 spiro atoms. The molecule has 3 nitrogen and oxygen atoms in total. The predicted octanol–water partition coefficient (Wildman–Crippen LogP) is 0.849. The summed E-state index contributed by atoms with van der Waals surface area (Å²) < 4.78 is 5.38. The zero-order valence-corrected chi connectivity index (χ0v) is 9.38. The zero-order chi connectivity index (χ0) is 10.0. The number of hydrogen-bond acceptors (Lipinski definition) is 3. The summed E-state index contributed by atoms with van der Waals surface area (Å²) in [6.07, 6.45) is 4.03. The van der Waals surface area contributed by atoms with Crippen LogP contribution in [0.1, 0.15) is 26.2 Å². The second-order valence-electron chi connectivity index (χ2n) is 4.81. The summed E-state index contributed by atoms with van der Waals surface area (Å²) in [5.74, 6) is 0. The van der Waals surface area contributed by atoms with Crippen molar-refractivity contribution in [3.05, 3.63) is 0 Å². The first kappa shape index (κ1) is 10.4. The van der Waals surface area contributed by atoms with Gasteiger partial charge in [-0.2, -0.15) is 0 Å². The third kappa shape index (κ3) is 1.81. The number of nitrogens with zero attached hydrogens (tertiary/aromatic N) is 1. The van der Waals surface area contributed by atoms with Gasteiger partial charge in [0.25, 0.3) is 0 Å². The smallest absolute Gasteiger partial charge is 0.0646 e. The van der Waals surface area contributed by atoms with Crippen molar-refractivity contribution in [2.45, 2.75) is 37.8 Å². The first-order valence-corrected chi connectivity index (χ1v) is 5.74. The van der Waals surface area contributed by atoms with E-state index in [0.29, 0.717) is 11.6 Å². The maximum atomic E-state index is 5.38. The Balaban J connectivity index is 1.96. The fraction of sp³-hybridized carbons (Fsp3) is 1.00. The van der Waals surface area contributed by atoms with Crippen LogP contribution in [-0.4, -0.2) is 49.8 Å². The summed E-state index contributed by atoms with van der Waals surface area (Å²) in [4.78, 5) is 2.64. The van der Waals surface area contributed by atoms with Gasteiger partial charge in [0.05, 0.1) is 6.61 Å². The van der Waals surface area contributed by atoms with Crippen LogP contribution in [0.15, 0.2) is 0 Å². The molecule has 3 heteroatoms. The van der Waals surface area contributed by atoms with Crippen molar-refractivity contribution in [2.75, 3.05) is 33.4 Å². The summed E-state index contributed by atoms with van der Waals surface area (Å²) in [6.45, 7) is 6.69. The lowest BCUT2D eigenvalue weighted by Gasteiger charge is -2.52. The van der Waals surface area contributed by atoms with E-state index in [1.807, 2.05) is 7.11 Å². The number of rotatable bonds is 3. The predicted molar refractivity (Wildman–Crippen MR) is 57.5 cm³/mol. The topological polar surface area (TPSA) is 24.5 Å². The van der Waals surface area contributed by atoms with Crippen LogP contribution in [0.2, 0.25) is 0 Å². The fourth-order valence-corrected chi connectivity index (χ4v) is 2.77. The van der Waals surface area contributed by atoms with Crippen LogP contribution in [0.5, 0.6) is 0 Å². The highest BCUT2D eigenvalue weighted by atomic mass is 16.5. The lowest BCUT2D eigenvalue weighted by Crippen LogP contribution is -2.63. The molecule has 1 aliphatic carbocycles. The molecule has 2 rings (SSSR count). The van der Waals surface area contributed by atoms with E-state index in [1.54, 1.807) is 0 Å². The van der Waals surface area contributed by atoms with Gasteiger partial charge in [0, 0.05) is 38.3 Å². The molecule has 1 unspecified atom stereocenters. The van der Waals surface area contributed by atoms with Gasteiger partial charge in [0.1, 0.15) is 0 Å². The first-order chi connectivity index (χ1) is 6.77. The molecule has 1 saturated carbocycles. The number of nitrogens with one attached hydrogen (secondary N) is 1. The summed E-state index contributed by atoms with van der Waals surface area (Å²) in [6, 6.07) is 0.637. The van der Waals surface area contributed by atoms with Crippen molar-refractivity contribution in [1.29, 1.82) is 0 Å². The minimum Gasteiger partial charge on any atom is -0.383 e. The first-order valence-electron chi connectivity index (χ1n) is 5.74. The van der Waals surface area contributed by atoms with Gasteiger partial charge in [-0.1, -0.05) is 0 Å². The second kappa shape index (κ2) is 4.17. The average Bonchev–Trinajstić information content (AvgIpc) is 2.11. The lowest BCUT2D eigenvalue weighted by atomic mass is 9.75. The number of methoxy groups -OCH3 is 1. The molecular weight excluding hydrogens is 176 g/mol. The fourth-order valence-electron chi connectivity index (χ4n) is 2.77. The molecule has 0 amide bonds. The Morgan fingerprint density at radius 3 is 2.79 bits per heavy atom. The van der Waals surface area contributed by atoms with E-state index in [2.05, 4.69) is 17.1 Å². The minimum absolute atomic E-state index is 0.394. The van der Waals surface area contributed by atoms with Gasteiger partial charge < -0.3 is 10.1 Å². The Morgan fingerprint density at radius 1 is 1.50 bits per heavy atom.